The fraction of sp³-hybridized carbons (Fsp3) is 0.676. The number of amides is 3. The highest BCUT2D eigenvalue weighted by Gasteiger charge is 2.51. The van der Waals surface area contributed by atoms with Gasteiger partial charge in [0.25, 0.3) is 0 Å². The van der Waals surface area contributed by atoms with Crippen molar-refractivity contribution in [2.45, 2.75) is 117 Å². The van der Waals surface area contributed by atoms with Gasteiger partial charge in [0.2, 0.25) is 17.7 Å². The summed E-state index contributed by atoms with van der Waals surface area (Å²) in [5.41, 5.74) is 1.24. The summed E-state index contributed by atoms with van der Waals surface area (Å²) in [7, 11) is 1.59. The van der Waals surface area contributed by atoms with E-state index in [9.17, 15) is 19.2 Å². The molecule has 50 heavy (non-hydrogen) atoms. The lowest BCUT2D eigenvalue weighted by Gasteiger charge is -2.35. The van der Waals surface area contributed by atoms with E-state index in [4.69, 9.17) is 28.9 Å². The summed E-state index contributed by atoms with van der Waals surface area (Å²) in [5.74, 6) is -0.429. The molecule has 0 radical (unpaired) electrons. The molecule has 3 aliphatic heterocycles. The number of likely N-dealkylation sites (tertiary alicyclic amines) is 1. The molecular weight excluding hydrogens is 642 g/mol. The van der Waals surface area contributed by atoms with Crippen LogP contribution >= 0.6 is 0 Å². The molecule has 1 aromatic carbocycles. The van der Waals surface area contributed by atoms with Crippen LogP contribution in [0.4, 0.5) is 4.79 Å². The van der Waals surface area contributed by atoms with E-state index in [1.54, 1.807) is 18.1 Å². The Labute approximate surface area is 294 Å². The SMILES string of the molecule is COc1ccc2nc3c(nc2c1)O[C@H]1CN(C(=O)[C@H](C(C)(C)C)NC(=O)O[C@@H]2CCN(C(C)=O)[C@H]2CCCCC3)[C@H](C(=O)OCC(C)C)[C@@H]1C. The number of hydrogen-bond acceptors (Lipinski definition) is 10. The van der Waals surface area contributed by atoms with Crippen molar-refractivity contribution >= 4 is 34.9 Å². The smallest absolute Gasteiger partial charge is 0.408 e. The van der Waals surface area contributed by atoms with E-state index in [0.717, 1.165) is 19.3 Å². The molecular formula is C37H53N5O8. The molecule has 13 nitrogen and oxygen atoms in total. The van der Waals surface area contributed by atoms with Gasteiger partial charge in [0.1, 0.15) is 35.7 Å². The summed E-state index contributed by atoms with van der Waals surface area (Å²) in [6.45, 7) is 13.6. The van der Waals surface area contributed by atoms with E-state index >= 15 is 0 Å². The van der Waals surface area contributed by atoms with Gasteiger partial charge in [0.05, 0.1) is 37.3 Å². The number of carbonyl (C=O) groups is 4. The van der Waals surface area contributed by atoms with Gasteiger partial charge < -0.3 is 34.1 Å². The van der Waals surface area contributed by atoms with Crippen molar-refractivity contribution in [2.24, 2.45) is 17.3 Å². The fourth-order valence-electron chi connectivity index (χ4n) is 7.21. The van der Waals surface area contributed by atoms with Gasteiger partial charge in [-0.05, 0) is 42.7 Å². The highest BCUT2D eigenvalue weighted by atomic mass is 16.6. The van der Waals surface area contributed by atoms with Gasteiger partial charge in [-0.25, -0.2) is 19.6 Å². The minimum atomic E-state index is -1.03. The Bertz CT molecular complexity index is 1570. The summed E-state index contributed by atoms with van der Waals surface area (Å²) >= 11 is 0. The van der Waals surface area contributed by atoms with Crippen LogP contribution in [0.25, 0.3) is 11.0 Å². The summed E-state index contributed by atoms with van der Waals surface area (Å²) in [6, 6.07) is 3.24. The molecule has 2 saturated heterocycles. The van der Waals surface area contributed by atoms with Crippen molar-refractivity contribution < 1.29 is 38.1 Å². The average molecular weight is 696 g/mol. The Hall–Kier alpha value is -4.16. The van der Waals surface area contributed by atoms with Crippen molar-refractivity contribution in [1.82, 2.24) is 25.1 Å². The molecule has 0 saturated carbocycles. The van der Waals surface area contributed by atoms with Crippen LogP contribution < -0.4 is 14.8 Å². The Balaban J connectivity index is 1.55. The lowest BCUT2D eigenvalue weighted by Crippen LogP contribution is -2.58. The number of aromatic nitrogens is 2. The predicted molar refractivity (Wildman–Crippen MR) is 186 cm³/mol. The van der Waals surface area contributed by atoms with Crippen molar-refractivity contribution in [1.29, 1.82) is 0 Å². The molecule has 274 valence electrons. The normalized spacial score (nSPS) is 26.7. The third kappa shape index (κ3) is 8.24. The number of carbonyl (C=O) groups excluding carboxylic acids is 4. The van der Waals surface area contributed by atoms with Crippen LogP contribution in [0.1, 0.15) is 86.3 Å². The summed E-state index contributed by atoms with van der Waals surface area (Å²) in [4.78, 5) is 67.4. The van der Waals surface area contributed by atoms with Gasteiger partial charge >= 0.3 is 12.1 Å². The molecule has 2 aromatic rings. The number of aryl methyl sites for hydroxylation is 1. The first-order valence-corrected chi connectivity index (χ1v) is 17.9. The number of rotatable bonds is 4. The van der Waals surface area contributed by atoms with E-state index in [1.807, 2.05) is 53.7 Å². The molecule has 4 heterocycles. The molecule has 0 spiro atoms. The second-order valence-electron chi connectivity index (χ2n) is 15.4. The second-order valence-corrected chi connectivity index (χ2v) is 15.4. The maximum atomic E-state index is 14.5. The average Bonchev–Trinajstić information content (AvgIpc) is 3.60. The summed E-state index contributed by atoms with van der Waals surface area (Å²) in [5, 5.41) is 2.84. The standard InChI is InChI=1S/C37H53N5O8/c1-21(2)20-48-35(45)31-22(3)30-19-42(31)34(44)32(37(5,6)7)40-36(46)50-29-16-17-41(23(4)43)28(29)13-11-9-10-12-26-33(49-30)39-27-18-24(47-8)14-15-25(27)38-26/h14-15,18,21-22,28-32H,9-13,16-17,19-20H2,1-8H3,(H,40,46)/t22-,28+,29-,30+,31+,32-/m1/s1. The molecule has 3 amide bonds. The van der Waals surface area contributed by atoms with E-state index in [1.165, 1.54) is 11.8 Å². The largest absolute Gasteiger partial charge is 0.497 e. The first-order valence-electron chi connectivity index (χ1n) is 17.9. The Kier molecular flexibility index (Phi) is 11.4. The zero-order chi connectivity index (χ0) is 36.3. The van der Waals surface area contributed by atoms with Crippen LogP contribution in [0.5, 0.6) is 11.6 Å². The van der Waals surface area contributed by atoms with Gasteiger partial charge in [-0.2, -0.15) is 0 Å². The monoisotopic (exact) mass is 695 g/mol. The number of benzene rings is 1. The van der Waals surface area contributed by atoms with E-state index in [0.29, 0.717) is 54.2 Å². The highest BCUT2D eigenvalue weighted by molar-refractivity contribution is 5.91. The predicted octanol–water partition coefficient (Wildman–Crippen LogP) is 4.68. The molecule has 13 heteroatoms. The van der Waals surface area contributed by atoms with Crippen LogP contribution in [-0.4, -0.2) is 101 Å². The minimum Gasteiger partial charge on any atom is -0.497 e. The van der Waals surface area contributed by atoms with Gasteiger partial charge in [-0.3, -0.25) is 9.59 Å². The van der Waals surface area contributed by atoms with Crippen molar-refractivity contribution in [3.8, 4) is 11.6 Å². The zero-order valence-corrected chi connectivity index (χ0v) is 30.7. The quantitative estimate of drug-likeness (QED) is 0.447. The lowest BCUT2D eigenvalue weighted by atomic mass is 9.85. The Morgan fingerprint density at radius 3 is 2.48 bits per heavy atom. The topological polar surface area (TPSA) is 149 Å². The maximum Gasteiger partial charge on any atom is 0.408 e. The molecule has 2 bridgehead atoms. The summed E-state index contributed by atoms with van der Waals surface area (Å²) < 4.78 is 23.7. The molecule has 0 unspecified atom stereocenters. The van der Waals surface area contributed by atoms with Crippen molar-refractivity contribution in [3.63, 3.8) is 0 Å². The van der Waals surface area contributed by atoms with E-state index < -0.39 is 53.6 Å². The van der Waals surface area contributed by atoms with Gasteiger partial charge in [-0.15, -0.1) is 0 Å². The fourth-order valence-corrected chi connectivity index (χ4v) is 7.21. The molecule has 1 aromatic heterocycles. The van der Waals surface area contributed by atoms with Gasteiger partial charge in [-0.1, -0.05) is 54.4 Å². The number of methoxy groups -OCH3 is 1. The molecule has 3 aliphatic rings. The van der Waals surface area contributed by atoms with Gasteiger partial charge in [0, 0.05) is 31.9 Å². The molecule has 2 fully saturated rings. The second kappa shape index (κ2) is 15.4. The number of nitrogens with zero attached hydrogens (tertiary/aromatic N) is 4. The molecule has 0 aliphatic carbocycles. The van der Waals surface area contributed by atoms with Crippen LogP contribution in [-0.2, 0) is 30.3 Å². The first-order chi connectivity index (χ1) is 23.7. The number of hydrogen-bond donors (Lipinski definition) is 1. The minimum absolute atomic E-state index is 0.0654. The Morgan fingerprint density at radius 1 is 1.04 bits per heavy atom. The molecule has 6 atom stereocenters. The number of fused-ring (bicyclic) bond motifs is 5. The lowest BCUT2D eigenvalue weighted by molar-refractivity contribution is -0.156. The van der Waals surface area contributed by atoms with Crippen molar-refractivity contribution in [2.75, 3.05) is 26.8 Å². The molecule has 1 N–H and O–H groups in total. The van der Waals surface area contributed by atoms with Crippen LogP contribution in [0, 0.1) is 17.3 Å². The molecule has 5 rings (SSSR count). The van der Waals surface area contributed by atoms with E-state index in [-0.39, 0.29) is 31.0 Å². The number of esters is 1. The number of ether oxygens (including phenoxy) is 4. The highest BCUT2D eigenvalue weighted by Crippen LogP contribution is 2.35. The van der Waals surface area contributed by atoms with Crippen LogP contribution in [0.2, 0.25) is 0 Å². The first kappa shape index (κ1) is 37.1. The number of nitrogens with one attached hydrogen (secondary N) is 1. The van der Waals surface area contributed by atoms with Crippen LogP contribution in [0.3, 0.4) is 0 Å². The zero-order valence-electron chi connectivity index (χ0n) is 30.7. The van der Waals surface area contributed by atoms with Crippen LogP contribution in [0.15, 0.2) is 18.2 Å². The third-order valence-corrected chi connectivity index (χ3v) is 9.99. The maximum absolute atomic E-state index is 14.5. The Morgan fingerprint density at radius 2 is 1.80 bits per heavy atom. The van der Waals surface area contributed by atoms with E-state index in [2.05, 4.69) is 5.32 Å². The van der Waals surface area contributed by atoms with Gasteiger partial charge in [0.15, 0.2) is 0 Å². The number of alkyl carbamates (subject to hydrolysis) is 1. The summed E-state index contributed by atoms with van der Waals surface area (Å²) in [6.07, 6.45) is 2.35. The third-order valence-electron chi connectivity index (χ3n) is 9.99. The van der Waals surface area contributed by atoms with Crippen molar-refractivity contribution in [3.05, 3.63) is 23.9 Å².